The van der Waals surface area contributed by atoms with Crippen LogP contribution in [0.15, 0.2) is 18.2 Å². The molecule has 1 aliphatic rings. The van der Waals surface area contributed by atoms with Crippen molar-refractivity contribution >= 4 is 0 Å². The molecule has 1 fully saturated rings. The summed E-state index contributed by atoms with van der Waals surface area (Å²) < 4.78 is 11.6. The van der Waals surface area contributed by atoms with Crippen molar-refractivity contribution in [2.24, 2.45) is 5.73 Å². The highest BCUT2D eigenvalue weighted by Crippen LogP contribution is 2.22. The Kier molecular flexibility index (Phi) is 4.69. The molecule has 1 aromatic heterocycles. The molecule has 0 spiro atoms. The van der Waals surface area contributed by atoms with Gasteiger partial charge in [-0.15, -0.1) is 0 Å². The zero-order chi connectivity index (χ0) is 13.0. The quantitative estimate of drug-likeness (QED) is 0.888. The van der Waals surface area contributed by atoms with Gasteiger partial charge in [-0.25, -0.2) is 0 Å². The van der Waals surface area contributed by atoms with Crippen LogP contribution in [0.5, 0.6) is 0 Å². The molecule has 0 radical (unpaired) electrons. The summed E-state index contributed by atoms with van der Waals surface area (Å²) in [4.78, 5) is 4.43. The fourth-order valence-corrected chi connectivity index (χ4v) is 2.41. The summed E-state index contributed by atoms with van der Waals surface area (Å²) >= 11 is 0. The lowest BCUT2D eigenvalue weighted by Crippen LogP contribution is -2.34. The van der Waals surface area contributed by atoms with E-state index in [0.29, 0.717) is 13.2 Å². The highest BCUT2D eigenvalue weighted by molar-refractivity contribution is 5.10. The van der Waals surface area contributed by atoms with Crippen LogP contribution < -0.4 is 5.73 Å². The molecule has 1 aromatic rings. The number of ether oxygens (including phenoxy) is 2. The van der Waals surface area contributed by atoms with E-state index in [-0.39, 0.29) is 18.3 Å². The van der Waals surface area contributed by atoms with E-state index in [4.69, 9.17) is 15.2 Å². The van der Waals surface area contributed by atoms with Crippen LogP contribution in [0, 0.1) is 0 Å². The van der Waals surface area contributed by atoms with Gasteiger partial charge in [0, 0.05) is 6.54 Å². The molecule has 1 aliphatic heterocycles. The van der Waals surface area contributed by atoms with Gasteiger partial charge in [0.05, 0.1) is 36.3 Å². The Morgan fingerprint density at radius 3 is 2.61 bits per heavy atom. The zero-order valence-corrected chi connectivity index (χ0v) is 11.1. The molecule has 0 bridgehead atoms. The van der Waals surface area contributed by atoms with E-state index in [2.05, 4.69) is 18.8 Å². The summed E-state index contributed by atoms with van der Waals surface area (Å²) in [6, 6.07) is 5.89. The van der Waals surface area contributed by atoms with Gasteiger partial charge in [-0.1, -0.05) is 6.07 Å². The van der Waals surface area contributed by atoms with Crippen LogP contribution in [0.1, 0.15) is 38.1 Å². The van der Waals surface area contributed by atoms with E-state index in [0.717, 1.165) is 24.2 Å². The summed E-state index contributed by atoms with van der Waals surface area (Å²) in [6.45, 7) is 5.22. The highest BCUT2D eigenvalue weighted by Gasteiger charge is 2.24. The summed E-state index contributed by atoms with van der Waals surface area (Å²) in [5.41, 5.74) is 7.43. The third-order valence-electron chi connectivity index (χ3n) is 3.19. The first kappa shape index (κ1) is 13.5. The van der Waals surface area contributed by atoms with Crippen LogP contribution in [-0.2, 0) is 22.6 Å². The molecule has 4 nitrogen and oxygen atoms in total. The first-order valence-corrected chi connectivity index (χ1v) is 6.59. The Balaban J connectivity index is 1.86. The topological polar surface area (TPSA) is 57.4 Å². The zero-order valence-electron chi connectivity index (χ0n) is 11.1. The van der Waals surface area contributed by atoms with Gasteiger partial charge < -0.3 is 15.2 Å². The Hall–Kier alpha value is -0.970. The average molecular weight is 250 g/mol. The van der Waals surface area contributed by atoms with Gasteiger partial charge in [0.2, 0.25) is 0 Å². The maximum atomic E-state index is 5.93. The van der Waals surface area contributed by atoms with Crippen LogP contribution in [0.2, 0.25) is 0 Å². The van der Waals surface area contributed by atoms with Crippen molar-refractivity contribution in [1.29, 1.82) is 0 Å². The molecule has 18 heavy (non-hydrogen) atoms. The number of hydrogen-bond donors (Lipinski definition) is 1. The molecule has 100 valence electrons. The van der Waals surface area contributed by atoms with Crippen LogP contribution in [0.4, 0.5) is 0 Å². The molecule has 2 N–H and O–H groups in total. The van der Waals surface area contributed by atoms with E-state index in [1.165, 1.54) is 0 Å². The smallest absolute Gasteiger partial charge is 0.0891 e. The van der Waals surface area contributed by atoms with Gasteiger partial charge in [-0.05, 0) is 38.8 Å². The Bertz CT molecular complexity index is 374. The minimum Gasteiger partial charge on any atom is -0.375 e. The molecule has 1 saturated heterocycles. The van der Waals surface area contributed by atoms with Crippen LogP contribution in [0.3, 0.4) is 0 Å². The fourth-order valence-electron chi connectivity index (χ4n) is 2.41. The normalized spacial score (nSPS) is 28.3. The fraction of sp³-hybridized carbons (Fsp3) is 0.643. The molecular formula is C14H22N2O2. The van der Waals surface area contributed by atoms with Crippen LogP contribution >= 0.6 is 0 Å². The van der Waals surface area contributed by atoms with Crippen LogP contribution in [-0.4, -0.2) is 23.3 Å². The SMILES string of the molecule is CC1CC(OCc2cccc(CN)n2)CC(C)O1. The minimum atomic E-state index is 0.270. The van der Waals surface area contributed by atoms with Crippen molar-refractivity contribution in [3.8, 4) is 0 Å². The Morgan fingerprint density at radius 1 is 1.28 bits per heavy atom. The summed E-state index contributed by atoms with van der Waals surface area (Å²) in [6.07, 6.45) is 2.75. The lowest BCUT2D eigenvalue weighted by atomic mass is 10.0. The number of nitrogens with two attached hydrogens (primary N) is 1. The third-order valence-corrected chi connectivity index (χ3v) is 3.19. The number of aromatic nitrogens is 1. The molecule has 0 aromatic carbocycles. The largest absolute Gasteiger partial charge is 0.375 e. The molecule has 2 heterocycles. The predicted octanol–water partition coefficient (Wildman–Crippen LogP) is 2.01. The number of hydrogen-bond acceptors (Lipinski definition) is 4. The van der Waals surface area contributed by atoms with Crippen molar-refractivity contribution in [1.82, 2.24) is 4.98 Å². The second kappa shape index (κ2) is 6.27. The van der Waals surface area contributed by atoms with Crippen molar-refractivity contribution < 1.29 is 9.47 Å². The monoisotopic (exact) mass is 250 g/mol. The molecule has 2 atom stereocenters. The molecule has 4 heteroatoms. The Labute approximate surface area is 108 Å². The third kappa shape index (κ3) is 3.77. The summed E-state index contributed by atoms with van der Waals surface area (Å²) in [5, 5.41) is 0. The van der Waals surface area contributed by atoms with E-state index in [1.807, 2.05) is 18.2 Å². The van der Waals surface area contributed by atoms with E-state index in [9.17, 15) is 0 Å². The molecule has 2 rings (SSSR count). The maximum Gasteiger partial charge on any atom is 0.0891 e. The van der Waals surface area contributed by atoms with Gasteiger partial charge in [0.15, 0.2) is 0 Å². The van der Waals surface area contributed by atoms with Gasteiger partial charge in [-0.2, -0.15) is 0 Å². The second-order valence-corrected chi connectivity index (χ2v) is 4.99. The first-order chi connectivity index (χ1) is 8.67. The van der Waals surface area contributed by atoms with Crippen molar-refractivity contribution in [2.75, 3.05) is 0 Å². The van der Waals surface area contributed by atoms with E-state index >= 15 is 0 Å². The number of rotatable bonds is 4. The molecule has 0 saturated carbocycles. The lowest BCUT2D eigenvalue weighted by molar-refractivity contribution is -0.106. The minimum absolute atomic E-state index is 0.270. The standard InChI is InChI=1S/C14H22N2O2/c1-10-6-14(7-11(2)18-10)17-9-13-5-3-4-12(8-15)16-13/h3-5,10-11,14H,6-9,15H2,1-2H3. The van der Waals surface area contributed by atoms with Crippen molar-refractivity contribution in [3.05, 3.63) is 29.6 Å². The Morgan fingerprint density at radius 2 is 1.94 bits per heavy atom. The average Bonchev–Trinajstić information content (AvgIpc) is 2.35. The molecular weight excluding hydrogens is 228 g/mol. The first-order valence-electron chi connectivity index (χ1n) is 6.59. The van der Waals surface area contributed by atoms with Gasteiger partial charge >= 0.3 is 0 Å². The molecule has 2 unspecified atom stereocenters. The van der Waals surface area contributed by atoms with Crippen LogP contribution in [0.25, 0.3) is 0 Å². The predicted molar refractivity (Wildman–Crippen MR) is 69.9 cm³/mol. The van der Waals surface area contributed by atoms with Crippen molar-refractivity contribution in [2.45, 2.75) is 58.2 Å². The van der Waals surface area contributed by atoms with Crippen molar-refractivity contribution in [3.63, 3.8) is 0 Å². The summed E-state index contributed by atoms with van der Waals surface area (Å²) in [7, 11) is 0. The number of pyridine rings is 1. The molecule has 0 amide bonds. The maximum absolute atomic E-state index is 5.93. The van der Waals surface area contributed by atoms with Gasteiger partial charge in [-0.3, -0.25) is 4.98 Å². The lowest BCUT2D eigenvalue weighted by Gasteiger charge is -2.31. The van der Waals surface area contributed by atoms with Gasteiger partial charge in [0.25, 0.3) is 0 Å². The molecule has 0 aliphatic carbocycles. The summed E-state index contributed by atoms with van der Waals surface area (Å²) in [5.74, 6) is 0. The van der Waals surface area contributed by atoms with E-state index < -0.39 is 0 Å². The number of nitrogens with zero attached hydrogens (tertiary/aromatic N) is 1. The van der Waals surface area contributed by atoms with Gasteiger partial charge in [0.1, 0.15) is 0 Å². The highest BCUT2D eigenvalue weighted by atomic mass is 16.5. The second-order valence-electron chi connectivity index (χ2n) is 4.99. The van der Waals surface area contributed by atoms with E-state index in [1.54, 1.807) is 0 Å².